The number of nitrogens with zero attached hydrogens (tertiary/aromatic N) is 2. The zero-order valence-corrected chi connectivity index (χ0v) is 15.3. The molecule has 0 radical (unpaired) electrons. The van der Waals surface area contributed by atoms with Crippen molar-refractivity contribution in [3.8, 4) is 11.5 Å². The van der Waals surface area contributed by atoms with Crippen LogP contribution in [0.2, 0.25) is 0 Å². The predicted octanol–water partition coefficient (Wildman–Crippen LogP) is 2.75. The molecule has 1 unspecified atom stereocenters. The van der Waals surface area contributed by atoms with E-state index in [2.05, 4.69) is 34.5 Å². The van der Waals surface area contributed by atoms with Crippen molar-refractivity contribution >= 4 is 11.7 Å². The average Bonchev–Trinajstić information content (AvgIpc) is 2.99. The number of fused-ring (bicyclic) bond motifs is 1. The van der Waals surface area contributed by atoms with Gasteiger partial charge in [-0.05, 0) is 30.7 Å². The van der Waals surface area contributed by atoms with Gasteiger partial charge in [-0.15, -0.1) is 0 Å². The molecule has 2 aromatic carbocycles. The van der Waals surface area contributed by atoms with E-state index in [1.54, 1.807) is 0 Å². The van der Waals surface area contributed by atoms with Crippen LogP contribution in [0.5, 0.6) is 11.5 Å². The summed E-state index contributed by atoms with van der Waals surface area (Å²) in [5, 5.41) is 3.00. The molecule has 1 saturated heterocycles. The minimum Gasteiger partial charge on any atom is -0.486 e. The first kappa shape index (κ1) is 17.5. The topological polar surface area (TPSA) is 54.0 Å². The molecule has 2 aromatic rings. The molecule has 1 atom stereocenters. The van der Waals surface area contributed by atoms with Crippen molar-refractivity contribution in [3.63, 3.8) is 0 Å². The molecule has 0 aliphatic carbocycles. The van der Waals surface area contributed by atoms with Gasteiger partial charge in [0.15, 0.2) is 17.6 Å². The van der Waals surface area contributed by atoms with E-state index >= 15 is 0 Å². The SMILES string of the molecule is O=C(NCC1COc2ccccc2O1)N1CCCN(c2ccccc2)CC1. The Morgan fingerprint density at radius 1 is 0.963 bits per heavy atom. The van der Waals surface area contributed by atoms with Gasteiger partial charge in [-0.2, -0.15) is 0 Å². The molecule has 0 spiro atoms. The molecule has 4 rings (SSSR count). The summed E-state index contributed by atoms with van der Waals surface area (Å²) in [7, 11) is 0. The molecule has 27 heavy (non-hydrogen) atoms. The summed E-state index contributed by atoms with van der Waals surface area (Å²) in [4.78, 5) is 16.8. The number of amides is 2. The van der Waals surface area contributed by atoms with Crippen LogP contribution in [-0.4, -0.2) is 56.4 Å². The van der Waals surface area contributed by atoms with Gasteiger partial charge in [-0.1, -0.05) is 30.3 Å². The molecule has 0 aromatic heterocycles. The number of benzene rings is 2. The van der Waals surface area contributed by atoms with Crippen molar-refractivity contribution in [2.45, 2.75) is 12.5 Å². The van der Waals surface area contributed by atoms with Crippen LogP contribution in [0.1, 0.15) is 6.42 Å². The second-order valence-electron chi connectivity index (χ2n) is 6.85. The molecule has 0 saturated carbocycles. The van der Waals surface area contributed by atoms with Crippen LogP contribution in [0.4, 0.5) is 10.5 Å². The standard InChI is InChI=1S/C21H25N3O3/c25-21(22-15-18-16-26-19-9-4-5-10-20(19)27-18)24-12-6-11-23(13-14-24)17-7-2-1-3-8-17/h1-5,7-10,18H,6,11-16H2,(H,22,25). The van der Waals surface area contributed by atoms with Crippen LogP contribution >= 0.6 is 0 Å². The number of urea groups is 1. The number of para-hydroxylation sites is 3. The summed E-state index contributed by atoms with van der Waals surface area (Å²) in [5.74, 6) is 1.49. The molecule has 142 valence electrons. The third-order valence-corrected chi connectivity index (χ3v) is 4.95. The second kappa shape index (κ2) is 8.20. The lowest BCUT2D eigenvalue weighted by atomic mass is 10.2. The van der Waals surface area contributed by atoms with Crippen molar-refractivity contribution < 1.29 is 14.3 Å². The Balaban J connectivity index is 1.27. The van der Waals surface area contributed by atoms with Gasteiger partial charge in [-0.25, -0.2) is 4.79 Å². The summed E-state index contributed by atoms with van der Waals surface area (Å²) < 4.78 is 11.6. The largest absolute Gasteiger partial charge is 0.486 e. The second-order valence-corrected chi connectivity index (χ2v) is 6.85. The van der Waals surface area contributed by atoms with Crippen LogP contribution in [0.15, 0.2) is 54.6 Å². The summed E-state index contributed by atoms with van der Waals surface area (Å²) in [6, 6.07) is 17.9. The first-order valence-corrected chi connectivity index (χ1v) is 9.51. The van der Waals surface area contributed by atoms with E-state index in [1.165, 1.54) is 5.69 Å². The Bertz CT molecular complexity index is 768. The Hall–Kier alpha value is -2.89. The van der Waals surface area contributed by atoms with Crippen LogP contribution in [0.25, 0.3) is 0 Å². The number of carbonyl (C=O) groups excluding carboxylic acids is 1. The Kier molecular flexibility index (Phi) is 5.32. The first-order chi connectivity index (χ1) is 13.3. The highest BCUT2D eigenvalue weighted by atomic mass is 16.6. The molecule has 6 nitrogen and oxygen atoms in total. The Morgan fingerprint density at radius 2 is 1.74 bits per heavy atom. The van der Waals surface area contributed by atoms with Crippen molar-refractivity contribution in [3.05, 3.63) is 54.6 Å². The molecule has 2 amide bonds. The van der Waals surface area contributed by atoms with Gasteiger partial charge in [0.05, 0.1) is 6.54 Å². The van der Waals surface area contributed by atoms with Crippen LogP contribution in [0, 0.1) is 0 Å². The third-order valence-electron chi connectivity index (χ3n) is 4.95. The van der Waals surface area contributed by atoms with Gasteiger partial charge in [-0.3, -0.25) is 0 Å². The average molecular weight is 367 g/mol. The molecule has 1 N–H and O–H groups in total. The maximum Gasteiger partial charge on any atom is 0.317 e. The number of ether oxygens (including phenoxy) is 2. The fourth-order valence-corrected chi connectivity index (χ4v) is 3.49. The lowest BCUT2D eigenvalue weighted by Gasteiger charge is -2.28. The number of rotatable bonds is 3. The molecule has 1 fully saturated rings. The molecule has 2 aliphatic heterocycles. The third kappa shape index (κ3) is 4.27. The van der Waals surface area contributed by atoms with Gasteiger partial charge in [0.1, 0.15) is 6.61 Å². The highest BCUT2D eigenvalue weighted by Gasteiger charge is 2.23. The van der Waals surface area contributed by atoms with Gasteiger partial charge in [0.25, 0.3) is 0 Å². The predicted molar refractivity (Wildman–Crippen MR) is 105 cm³/mol. The minimum atomic E-state index is -0.170. The highest BCUT2D eigenvalue weighted by molar-refractivity contribution is 5.74. The molecule has 2 aliphatic rings. The fraction of sp³-hybridized carbons (Fsp3) is 0.381. The van der Waals surface area contributed by atoms with Crippen molar-refractivity contribution in [1.29, 1.82) is 0 Å². The first-order valence-electron chi connectivity index (χ1n) is 9.51. The van der Waals surface area contributed by atoms with E-state index < -0.39 is 0 Å². The van der Waals surface area contributed by atoms with Crippen LogP contribution in [0.3, 0.4) is 0 Å². The lowest BCUT2D eigenvalue weighted by Crippen LogP contribution is -2.47. The number of nitrogens with one attached hydrogen (secondary N) is 1. The maximum atomic E-state index is 12.6. The summed E-state index contributed by atoms with van der Waals surface area (Å²) >= 11 is 0. The van der Waals surface area contributed by atoms with E-state index in [4.69, 9.17) is 9.47 Å². The van der Waals surface area contributed by atoms with E-state index in [-0.39, 0.29) is 12.1 Å². The summed E-state index contributed by atoms with van der Waals surface area (Å²) in [5.41, 5.74) is 1.21. The Morgan fingerprint density at radius 3 is 2.59 bits per heavy atom. The zero-order valence-electron chi connectivity index (χ0n) is 15.3. The smallest absolute Gasteiger partial charge is 0.317 e. The highest BCUT2D eigenvalue weighted by Crippen LogP contribution is 2.30. The molecule has 2 heterocycles. The zero-order chi connectivity index (χ0) is 18.5. The van der Waals surface area contributed by atoms with Gasteiger partial charge in [0, 0.05) is 31.9 Å². The van der Waals surface area contributed by atoms with Gasteiger partial charge < -0.3 is 24.6 Å². The van der Waals surface area contributed by atoms with Gasteiger partial charge >= 0.3 is 6.03 Å². The molecule has 0 bridgehead atoms. The quantitative estimate of drug-likeness (QED) is 0.906. The summed E-state index contributed by atoms with van der Waals surface area (Å²) in [6.07, 6.45) is 0.787. The molecule has 6 heteroatoms. The van der Waals surface area contributed by atoms with Crippen LogP contribution in [-0.2, 0) is 0 Å². The molecular formula is C21H25N3O3. The number of carbonyl (C=O) groups is 1. The lowest BCUT2D eigenvalue weighted by molar-refractivity contribution is 0.0902. The summed E-state index contributed by atoms with van der Waals surface area (Å²) in [6.45, 7) is 4.16. The Labute approximate surface area is 159 Å². The monoisotopic (exact) mass is 367 g/mol. The number of hydrogen-bond acceptors (Lipinski definition) is 4. The number of hydrogen-bond donors (Lipinski definition) is 1. The maximum absolute atomic E-state index is 12.6. The van der Waals surface area contributed by atoms with E-state index in [9.17, 15) is 4.79 Å². The molecular weight excluding hydrogens is 342 g/mol. The van der Waals surface area contributed by atoms with E-state index in [0.29, 0.717) is 19.7 Å². The van der Waals surface area contributed by atoms with E-state index in [1.807, 2.05) is 35.2 Å². The van der Waals surface area contributed by atoms with E-state index in [0.717, 1.165) is 37.6 Å². The van der Waals surface area contributed by atoms with Crippen molar-refractivity contribution in [2.75, 3.05) is 44.2 Å². The normalized spacial score (nSPS) is 19.3. The van der Waals surface area contributed by atoms with Crippen molar-refractivity contribution in [1.82, 2.24) is 10.2 Å². The van der Waals surface area contributed by atoms with Crippen LogP contribution < -0.4 is 19.7 Å². The minimum absolute atomic E-state index is 0.0348. The van der Waals surface area contributed by atoms with Gasteiger partial charge in [0.2, 0.25) is 0 Å². The van der Waals surface area contributed by atoms with Crippen molar-refractivity contribution in [2.24, 2.45) is 0 Å². The number of anilines is 1. The fourth-order valence-electron chi connectivity index (χ4n) is 3.49.